The van der Waals surface area contributed by atoms with Crippen LogP contribution in [0.2, 0.25) is 0 Å². The summed E-state index contributed by atoms with van der Waals surface area (Å²) in [6.45, 7) is 5.92. The fourth-order valence-corrected chi connectivity index (χ4v) is 2.06. The number of ether oxygens (including phenoxy) is 1. The predicted molar refractivity (Wildman–Crippen MR) is 73.0 cm³/mol. The van der Waals surface area contributed by atoms with E-state index in [2.05, 4.69) is 24.0 Å². The maximum absolute atomic E-state index is 5.85. The van der Waals surface area contributed by atoms with E-state index in [4.69, 9.17) is 10.5 Å². The minimum absolute atomic E-state index is 0. The fourth-order valence-electron chi connectivity index (χ4n) is 2.06. The lowest BCUT2D eigenvalue weighted by Gasteiger charge is -2.15. The van der Waals surface area contributed by atoms with Crippen molar-refractivity contribution < 1.29 is 4.74 Å². The maximum atomic E-state index is 5.85. The molecule has 1 aromatic carbocycles. The van der Waals surface area contributed by atoms with E-state index < -0.39 is 0 Å². The van der Waals surface area contributed by atoms with Crippen molar-refractivity contribution in [1.82, 2.24) is 4.90 Å². The molecule has 1 aliphatic rings. The first-order valence-electron chi connectivity index (χ1n) is 5.91. The Hall–Kier alpha value is -0.770. The molecule has 1 aliphatic heterocycles. The van der Waals surface area contributed by atoms with Crippen molar-refractivity contribution in [2.24, 2.45) is 5.73 Å². The van der Waals surface area contributed by atoms with Gasteiger partial charge in [-0.2, -0.15) is 0 Å². The molecule has 0 radical (unpaired) electrons. The molecule has 1 aromatic rings. The zero-order chi connectivity index (χ0) is 11.4. The third kappa shape index (κ3) is 4.54. The van der Waals surface area contributed by atoms with E-state index in [0.29, 0.717) is 6.04 Å². The number of hydrogen-bond acceptors (Lipinski definition) is 3. The van der Waals surface area contributed by atoms with Crippen LogP contribution in [0, 0.1) is 6.92 Å². The summed E-state index contributed by atoms with van der Waals surface area (Å²) < 4.78 is 5.70. The Morgan fingerprint density at radius 2 is 2.29 bits per heavy atom. The fraction of sp³-hybridized carbons (Fsp3) is 0.538. The van der Waals surface area contributed by atoms with Crippen LogP contribution in [0.25, 0.3) is 0 Å². The van der Waals surface area contributed by atoms with E-state index in [1.807, 2.05) is 12.1 Å². The number of benzene rings is 1. The molecule has 0 spiro atoms. The monoisotopic (exact) mass is 256 g/mol. The number of aryl methyl sites for hydroxylation is 1. The lowest BCUT2D eigenvalue weighted by Crippen LogP contribution is -2.29. The van der Waals surface area contributed by atoms with Crippen LogP contribution < -0.4 is 10.5 Å². The second-order valence-corrected chi connectivity index (χ2v) is 4.51. The molecule has 1 unspecified atom stereocenters. The largest absolute Gasteiger partial charge is 0.492 e. The smallest absolute Gasteiger partial charge is 0.119 e. The molecule has 1 fully saturated rings. The van der Waals surface area contributed by atoms with Crippen LogP contribution >= 0.6 is 12.4 Å². The van der Waals surface area contributed by atoms with Crippen LogP contribution in [0.4, 0.5) is 0 Å². The summed E-state index contributed by atoms with van der Waals surface area (Å²) in [4.78, 5) is 2.36. The van der Waals surface area contributed by atoms with Gasteiger partial charge in [-0.15, -0.1) is 12.4 Å². The maximum Gasteiger partial charge on any atom is 0.119 e. The Balaban J connectivity index is 0.00000144. The van der Waals surface area contributed by atoms with E-state index in [1.54, 1.807) is 0 Å². The number of likely N-dealkylation sites (tertiary alicyclic amines) is 1. The topological polar surface area (TPSA) is 38.5 Å². The molecule has 0 bridgehead atoms. The first kappa shape index (κ1) is 14.3. The zero-order valence-corrected chi connectivity index (χ0v) is 11.1. The van der Waals surface area contributed by atoms with Gasteiger partial charge in [-0.25, -0.2) is 0 Å². The molecule has 2 rings (SSSR count). The van der Waals surface area contributed by atoms with Crippen LogP contribution in [0.15, 0.2) is 24.3 Å². The first-order valence-corrected chi connectivity index (χ1v) is 5.91. The summed E-state index contributed by atoms with van der Waals surface area (Å²) in [5.74, 6) is 0.962. The first-order chi connectivity index (χ1) is 7.74. The van der Waals surface area contributed by atoms with Crippen molar-refractivity contribution in [2.45, 2.75) is 19.4 Å². The minimum Gasteiger partial charge on any atom is -0.492 e. The molecule has 4 heteroatoms. The van der Waals surface area contributed by atoms with Gasteiger partial charge in [0.05, 0.1) is 0 Å². The standard InChI is InChI=1S/C13H20N2O.ClH/c1-11-3-2-4-13(9-11)16-8-7-15-6-5-12(14)10-15;/h2-4,9,12H,5-8,10,14H2,1H3;1H. The molecule has 1 atom stereocenters. The predicted octanol–water partition coefficient (Wildman–Crippen LogP) is 1.83. The number of nitrogens with two attached hydrogens (primary N) is 1. The third-order valence-corrected chi connectivity index (χ3v) is 2.97. The number of halogens is 1. The van der Waals surface area contributed by atoms with E-state index >= 15 is 0 Å². The Morgan fingerprint density at radius 1 is 1.47 bits per heavy atom. The molecule has 2 N–H and O–H groups in total. The van der Waals surface area contributed by atoms with Gasteiger partial charge in [-0.1, -0.05) is 12.1 Å². The van der Waals surface area contributed by atoms with Crippen molar-refractivity contribution >= 4 is 12.4 Å². The second kappa shape index (κ2) is 6.84. The second-order valence-electron chi connectivity index (χ2n) is 4.51. The highest BCUT2D eigenvalue weighted by Crippen LogP contribution is 2.12. The summed E-state index contributed by atoms with van der Waals surface area (Å²) in [7, 11) is 0. The summed E-state index contributed by atoms with van der Waals surface area (Å²) >= 11 is 0. The molecule has 0 saturated carbocycles. The average molecular weight is 257 g/mol. The minimum atomic E-state index is 0. The quantitative estimate of drug-likeness (QED) is 0.893. The zero-order valence-electron chi connectivity index (χ0n) is 10.3. The van der Waals surface area contributed by atoms with Gasteiger partial charge in [-0.3, -0.25) is 4.90 Å². The van der Waals surface area contributed by atoms with Gasteiger partial charge >= 0.3 is 0 Å². The number of nitrogens with zero attached hydrogens (tertiary/aromatic N) is 1. The highest BCUT2D eigenvalue weighted by Gasteiger charge is 2.18. The molecule has 0 amide bonds. The lowest BCUT2D eigenvalue weighted by atomic mass is 10.2. The molecule has 17 heavy (non-hydrogen) atoms. The summed E-state index contributed by atoms with van der Waals surface area (Å²) in [5.41, 5.74) is 7.08. The highest BCUT2D eigenvalue weighted by atomic mass is 35.5. The van der Waals surface area contributed by atoms with Gasteiger partial charge in [0.2, 0.25) is 0 Å². The Bertz CT molecular complexity index is 346. The molecule has 1 heterocycles. The van der Waals surface area contributed by atoms with Crippen LogP contribution in [0.3, 0.4) is 0 Å². The van der Waals surface area contributed by atoms with Crippen molar-refractivity contribution in [1.29, 1.82) is 0 Å². The van der Waals surface area contributed by atoms with Crippen LogP contribution in [-0.2, 0) is 0 Å². The van der Waals surface area contributed by atoms with Gasteiger partial charge in [0.1, 0.15) is 12.4 Å². The summed E-state index contributed by atoms with van der Waals surface area (Å²) in [5, 5.41) is 0. The summed E-state index contributed by atoms with van der Waals surface area (Å²) in [6.07, 6.45) is 1.12. The van der Waals surface area contributed by atoms with Crippen molar-refractivity contribution in [3.63, 3.8) is 0 Å². The molecule has 3 nitrogen and oxygen atoms in total. The van der Waals surface area contributed by atoms with Crippen molar-refractivity contribution in [3.05, 3.63) is 29.8 Å². The van der Waals surface area contributed by atoms with Gasteiger partial charge in [0, 0.05) is 19.1 Å². The molecule has 1 saturated heterocycles. The molecule has 0 aliphatic carbocycles. The molecular weight excluding hydrogens is 236 g/mol. The molecule has 0 aromatic heterocycles. The van der Waals surface area contributed by atoms with Crippen LogP contribution in [0.5, 0.6) is 5.75 Å². The number of rotatable bonds is 4. The van der Waals surface area contributed by atoms with Crippen LogP contribution in [0.1, 0.15) is 12.0 Å². The van der Waals surface area contributed by atoms with E-state index in [-0.39, 0.29) is 12.4 Å². The molecule has 96 valence electrons. The van der Waals surface area contributed by atoms with E-state index in [1.165, 1.54) is 5.56 Å². The van der Waals surface area contributed by atoms with Crippen molar-refractivity contribution in [2.75, 3.05) is 26.2 Å². The van der Waals surface area contributed by atoms with E-state index in [9.17, 15) is 0 Å². The molecular formula is C13H21ClN2O. The Labute approximate surface area is 109 Å². The van der Waals surface area contributed by atoms with Gasteiger partial charge in [0.15, 0.2) is 0 Å². The average Bonchev–Trinajstić information content (AvgIpc) is 2.64. The Kier molecular flexibility index (Phi) is 5.75. The third-order valence-electron chi connectivity index (χ3n) is 2.97. The lowest BCUT2D eigenvalue weighted by molar-refractivity contribution is 0.236. The highest BCUT2D eigenvalue weighted by molar-refractivity contribution is 5.85. The van der Waals surface area contributed by atoms with Crippen molar-refractivity contribution in [3.8, 4) is 5.75 Å². The van der Waals surface area contributed by atoms with Gasteiger partial charge in [0.25, 0.3) is 0 Å². The van der Waals surface area contributed by atoms with Gasteiger partial charge < -0.3 is 10.5 Å². The summed E-state index contributed by atoms with van der Waals surface area (Å²) in [6, 6.07) is 8.53. The Morgan fingerprint density at radius 3 is 2.94 bits per heavy atom. The van der Waals surface area contributed by atoms with Crippen LogP contribution in [-0.4, -0.2) is 37.2 Å². The SMILES string of the molecule is Cc1cccc(OCCN2CCC(N)C2)c1.Cl. The number of hydrogen-bond donors (Lipinski definition) is 1. The normalized spacial score (nSPS) is 20.0. The van der Waals surface area contributed by atoms with E-state index in [0.717, 1.165) is 38.4 Å². The van der Waals surface area contributed by atoms with Gasteiger partial charge in [-0.05, 0) is 37.6 Å².